The zero-order chi connectivity index (χ0) is 29.4. The molecule has 0 bridgehead atoms. The molecule has 11 nitrogen and oxygen atoms in total. The number of rotatable bonds is 5. The molecule has 3 aromatic heterocycles. The highest BCUT2D eigenvalue weighted by molar-refractivity contribution is 5.86. The number of carboxylic acids is 1. The van der Waals surface area contributed by atoms with E-state index in [2.05, 4.69) is 20.0 Å². The zero-order valence-corrected chi connectivity index (χ0v) is 23.7. The Morgan fingerprint density at radius 1 is 1.10 bits per heavy atom. The van der Waals surface area contributed by atoms with E-state index in [1.807, 2.05) is 37.5 Å². The fourth-order valence-electron chi connectivity index (χ4n) is 6.40. The number of aryl methyl sites for hydroxylation is 1. The summed E-state index contributed by atoms with van der Waals surface area (Å²) in [5.41, 5.74) is 2.24. The number of ether oxygens (including phenoxy) is 1. The summed E-state index contributed by atoms with van der Waals surface area (Å²) in [5.74, 6) is -0.776. The Kier molecular flexibility index (Phi) is 5.83. The topological polar surface area (TPSA) is 119 Å². The maximum absolute atomic E-state index is 15.8. The normalized spacial score (nSPS) is 18.1. The molecular weight excluding hydrogens is 541 g/mol. The minimum absolute atomic E-state index is 0.0685. The fourth-order valence-corrected chi connectivity index (χ4v) is 6.40. The number of pyridine rings is 1. The third-order valence-electron chi connectivity index (χ3n) is 8.33. The summed E-state index contributed by atoms with van der Waals surface area (Å²) >= 11 is 0. The number of carbonyl (C=O) groups excluding carboxylic acids is 1. The molecule has 0 saturated carbocycles. The van der Waals surface area contributed by atoms with Gasteiger partial charge in [0.05, 0.1) is 22.9 Å². The van der Waals surface area contributed by atoms with E-state index in [0.29, 0.717) is 35.4 Å². The average Bonchev–Trinajstić information content (AvgIpc) is 3.60. The van der Waals surface area contributed by atoms with Crippen molar-refractivity contribution >= 4 is 28.8 Å². The van der Waals surface area contributed by atoms with Gasteiger partial charge in [0.2, 0.25) is 0 Å². The van der Waals surface area contributed by atoms with E-state index in [9.17, 15) is 14.7 Å². The predicted molar refractivity (Wildman–Crippen MR) is 152 cm³/mol. The molecule has 218 valence electrons. The second kappa shape index (κ2) is 9.27. The lowest BCUT2D eigenvalue weighted by molar-refractivity contribution is -0.139. The molecule has 1 atom stereocenters. The maximum Gasteiger partial charge on any atom is 0.410 e. The number of likely N-dealkylation sites (tertiary alicyclic amines) is 1. The summed E-state index contributed by atoms with van der Waals surface area (Å²) in [6.07, 6.45) is 6.18. The Morgan fingerprint density at radius 2 is 1.88 bits per heavy atom. The van der Waals surface area contributed by atoms with Crippen LogP contribution in [-0.2, 0) is 22.5 Å². The van der Waals surface area contributed by atoms with Crippen LogP contribution in [0.4, 0.5) is 15.0 Å². The molecular formula is C30H32FN7O4. The minimum Gasteiger partial charge on any atom is -0.479 e. The molecule has 3 aliphatic heterocycles. The third-order valence-corrected chi connectivity index (χ3v) is 8.33. The summed E-state index contributed by atoms with van der Waals surface area (Å²) in [4.78, 5) is 37.4. The van der Waals surface area contributed by atoms with E-state index >= 15 is 4.39 Å². The van der Waals surface area contributed by atoms with Crippen molar-refractivity contribution in [1.29, 1.82) is 0 Å². The van der Waals surface area contributed by atoms with E-state index in [-0.39, 0.29) is 16.9 Å². The Labute approximate surface area is 241 Å². The predicted octanol–water partition coefficient (Wildman–Crippen LogP) is 4.11. The van der Waals surface area contributed by atoms with Crippen molar-refractivity contribution in [3.8, 4) is 11.1 Å². The van der Waals surface area contributed by atoms with Crippen LogP contribution >= 0.6 is 0 Å². The summed E-state index contributed by atoms with van der Waals surface area (Å²) in [6.45, 7) is 9.32. The van der Waals surface area contributed by atoms with Crippen molar-refractivity contribution < 1.29 is 23.8 Å². The molecule has 2 fully saturated rings. The van der Waals surface area contributed by atoms with Crippen LogP contribution in [-0.4, -0.2) is 78.2 Å². The van der Waals surface area contributed by atoms with Crippen LogP contribution in [0.2, 0.25) is 0 Å². The number of aliphatic carboxylic acids is 1. The summed E-state index contributed by atoms with van der Waals surface area (Å²) < 4.78 is 24.5. The fraction of sp³-hybridized carbons (Fsp3) is 0.433. The Morgan fingerprint density at radius 3 is 2.57 bits per heavy atom. The van der Waals surface area contributed by atoms with E-state index in [4.69, 9.17) is 4.74 Å². The molecule has 2 saturated heterocycles. The van der Waals surface area contributed by atoms with Crippen LogP contribution in [0.5, 0.6) is 0 Å². The number of amides is 1. The van der Waals surface area contributed by atoms with Crippen LogP contribution < -0.4 is 4.90 Å². The highest BCUT2D eigenvalue weighted by Crippen LogP contribution is 2.42. The second-order valence-electron chi connectivity index (χ2n) is 12.7. The van der Waals surface area contributed by atoms with Crippen LogP contribution in [0.25, 0.3) is 22.0 Å². The third kappa shape index (κ3) is 4.36. The van der Waals surface area contributed by atoms with Crippen LogP contribution in [0, 0.1) is 11.2 Å². The molecule has 42 heavy (non-hydrogen) atoms. The van der Waals surface area contributed by atoms with Crippen LogP contribution in [0.15, 0.2) is 43.0 Å². The molecule has 3 aliphatic rings. The number of nitrogens with zero attached hydrogens (tertiary/aromatic N) is 7. The van der Waals surface area contributed by atoms with E-state index < -0.39 is 23.4 Å². The minimum atomic E-state index is -1.14. The highest BCUT2D eigenvalue weighted by Gasteiger charge is 2.54. The second-order valence-corrected chi connectivity index (χ2v) is 12.7. The van der Waals surface area contributed by atoms with Gasteiger partial charge in [-0.1, -0.05) is 0 Å². The van der Waals surface area contributed by atoms with E-state index in [1.165, 1.54) is 10.9 Å². The Hall–Kier alpha value is -4.48. The SMILES string of the molecule is CC(C)(C)OC(=O)N1CC2(C1)CN(c1ccc(-c3ccc4nn(C(C(=O)O)c5ncn6c5CCC6)cc4c3F)cn1)C2. The van der Waals surface area contributed by atoms with Crippen molar-refractivity contribution in [1.82, 2.24) is 29.2 Å². The number of hydrogen-bond acceptors (Lipinski definition) is 7. The molecule has 0 aliphatic carbocycles. The molecule has 0 radical (unpaired) electrons. The Balaban J connectivity index is 1.06. The lowest BCUT2D eigenvalue weighted by Crippen LogP contribution is -2.73. The number of imidazole rings is 1. The average molecular weight is 574 g/mol. The first-order chi connectivity index (χ1) is 20.0. The van der Waals surface area contributed by atoms with Gasteiger partial charge in [-0.15, -0.1) is 0 Å². The van der Waals surface area contributed by atoms with Gasteiger partial charge in [-0.3, -0.25) is 4.68 Å². The van der Waals surface area contributed by atoms with Gasteiger partial charge >= 0.3 is 12.1 Å². The number of carbonyl (C=O) groups is 2. The molecule has 12 heteroatoms. The number of aromatic nitrogens is 5. The Bertz CT molecular complexity index is 1710. The number of hydrogen-bond donors (Lipinski definition) is 1. The monoisotopic (exact) mass is 573 g/mol. The molecule has 7 rings (SSSR count). The number of anilines is 1. The molecule has 1 aromatic carbocycles. The standard InChI is InChI=1S/C30H32FN7O4/c1-29(2,3)42-28(41)37-15-30(16-37)13-36(14-30)23-9-6-18(11-32-23)19-7-8-21-20(24(19)31)12-38(34-21)26(27(39)40)25-22-5-4-10-35(22)17-33-25/h6-9,11-12,17,26H,4-5,10,13-16H2,1-3H3,(H,39,40). The highest BCUT2D eigenvalue weighted by atomic mass is 19.1. The molecule has 1 amide bonds. The quantitative estimate of drug-likeness (QED) is 0.379. The molecule has 1 spiro atoms. The van der Waals surface area contributed by atoms with E-state index in [1.54, 1.807) is 29.6 Å². The maximum atomic E-state index is 15.8. The van der Waals surface area contributed by atoms with Gasteiger partial charge in [-0.05, 0) is 57.9 Å². The zero-order valence-electron chi connectivity index (χ0n) is 23.7. The lowest BCUT2D eigenvalue weighted by atomic mass is 9.73. The number of fused-ring (bicyclic) bond motifs is 2. The van der Waals surface area contributed by atoms with Gasteiger partial charge in [0.1, 0.15) is 17.2 Å². The summed E-state index contributed by atoms with van der Waals surface area (Å²) in [5, 5.41) is 14.7. The van der Waals surface area contributed by atoms with Crippen molar-refractivity contribution in [3.05, 3.63) is 60.2 Å². The summed E-state index contributed by atoms with van der Waals surface area (Å²) in [7, 11) is 0. The van der Waals surface area contributed by atoms with Crippen molar-refractivity contribution in [2.75, 3.05) is 31.1 Å². The molecule has 4 aromatic rings. The lowest BCUT2D eigenvalue weighted by Gasteiger charge is -2.60. The van der Waals surface area contributed by atoms with Crippen LogP contribution in [0.3, 0.4) is 0 Å². The molecule has 1 unspecified atom stereocenters. The van der Waals surface area contributed by atoms with Gasteiger partial charge < -0.3 is 24.2 Å². The molecule has 1 N–H and O–H groups in total. The first-order valence-electron chi connectivity index (χ1n) is 14.1. The smallest absolute Gasteiger partial charge is 0.410 e. The van der Waals surface area contributed by atoms with E-state index in [0.717, 1.165) is 44.0 Å². The van der Waals surface area contributed by atoms with Crippen molar-refractivity contribution in [2.45, 2.75) is 51.8 Å². The van der Waals surface area contributed by atoms with Crippen molar-refractivity contribution in [2.24, 2.45) is 5.41 Å². The molecule has 6 heterocycles. The van der Waals surface area contributed by atoms with Crippen LogP contribution in [0.1, 0.15) is 44.6 Å². The van der Waals surface area contributed by atoms with Crippen molar-refractivity contribution in [3.63, 3.8) is 0 Å². The van der Waals surface area contributed by atoms with Gasteiger partial charge in [-0.2, -0.15) is 5.10 Å². The van der Waals surface area contributed by atoms with Gasteiger partial charge in [0.25, 0.3) is 0 Å². The van der Waals surface area contributed by atoms with Gasteiger partial charge in [0.15, 0.2) is 6.04 Å². The number of carboxylic acid groups (broad SMARTS) is 1. The first-order valence-corrected chi connectivity index (χ1v) is 14.1. The first kappa shape index (κ1) is 26.4. The largest absolute Gasteiger partial charge is 0.479 e. The summed E-state index contributed by atoms with van der Waals surface area (Å²) in [6, 6.07) is 5.92. The van der Waals surface area contributed by atoms with Gasteiger partial charge in [-0.25, -0.2) is 23.9 Å². The number of benzene rings is 1. The number of halogens is 1. The van der Waals surface area contributed by atoms with Gasteiger partial charge in [0, 0.05) is 67.4 Å².